The third-order valence-corrected chi connectivity index (χ3v) is 21.5. The average molecular weight is 661 g/mol. The number of ether oxygens (including phenoxy) is 2. The third kappa shape index (κ3) is 8.68. The number of rotatable bonds is 15. The molecule has 1 atom stereocenters. The summed E-state index contributed by atoms with van der Waals surface area (Å²) in [6, 6.07) is 33.2. The van der Waals surface area contributed by atoms with Crippen molar-refractivity contribution < 1.29 is 27.9 Å². The number of phenols is 2. The molecule has 45 heavy (non-hydrogen) atoms. The molecular weight excluding hydrogens is 613 g/mol. The molecule has 2 N–H and O–H groups in total. The molecule has 4 aromatic carbocycles. The zero-order valence-corrected chi connectivity index (χ0v) is 30.7. The minimum absolute atomic E-state index is 0.145. The van der Waals surface area contributed by atoms with E-state index in [1.807, 2.05) is 36.4 Å². The van der Waals surface area contributed by atoms with Crippen molar-refractivity contribution in [1.82, 2.24) is 0 Å². The van der Waals surface area contributed by atoms with Gasteiger partial charge in [0.25, 0.3) is 0 Å². The van der Waals surface area contributed by atoms with E-state index in [0.717, 1.165) is 46.8 Å². The van der Waals surface area contributed by atoms with Crippen LogP contribution in [0.15, 0.2) is 97.1 Å². The monoisotopic (exact) mass is 660 g/mol. The van der Waals surface area contributed by atoms with Gasteiger partial charge in [-0.2, -0.15) is 0 Å². The number of hydrogen-bond donors (Lipinski definition) is 2. The molecule has 1 unspecified atom stereocenters. The van der Waals surface area contributed by atoms with Gasteiger partial charge in [0.2, 0.25) is 0 Å². The second-order valence-electron chi connectivity index (χ2n) is 12.9. The molecule has 0 spiro atoms. The number of methoxy groups -OCH3 is 2. The van der Waals surface area contributed by atoms with Crippen LogP contribution in [0.3, 0.4) is 0 Å². The minimum Gasteiger partial charge on any atom is -0.504 e. The maximum absolute atomic E-state index is 10.1. The fraction of sp³-hybridized carbons (Fsp3) is 0.333. The Hall–Kier alpha value is -3.35. The van der Waals surface area contributed by atoms with Crippen molar-refractivity contribution >= 4 is 35.6 Å². The summed E-state index contributed by atoms with van der Waals surface area (Å²) in [5, 5.41) is 22.4. The molecule has 0 aliphatic rings. The van der Waals surface area contributed by atoms with Gasteiger partial charge < -0.3 is 27.9 Å². The van der Waals surface area contributed by atoms with E-state index < -0.39 is 25.2 Å². The maximum Gasteiger partial charge on any atom is 0.386 e. The van der Waals surface area contributed by atoms with Crippen LogP contribution in [0.5, 0.6) is 23.0 Å². The molecule has 0 aliphatic carbocycles. The third-order valence-electron chi connectivity index (χ3n) is 8.60. The number of aromatic hydroxyl groups is 2. The summed E-state index contributed by atoms with van der Waals surface area (Å²) in [5.41, 5.74) is 2.49. The van der Waals surface area contributed by atoms with Gasteiger partial charge in [-0.1, -0.05) is 79.7 Å². The number of hydrogen-bond acceptors (Lipinski definition) is 6. The zero-order chi connectivity index (χ0) is 32.7. The van der Waals surface area contributed by atoms with E-state index in [1.165, 1.54) is 0 Å². The Morgan fingerprint density at radius 3 is 1.64 bits per heavy atom. The molecule has 240 valence electrons. The standard InChI is InChI=1S/C36H48O6Si3/c1-28(25-30-21-23-34(38)36(27-30)40-3)44(6,7)42-45(31-16-10-8-11-17-31,32-18-12-9-13-19-32)41-43(4,5)24-14-15-29-20-22-33(37)35(26-29)39-2/h8-13,16-23,26-28,37-38H,14-15,24-25H2,1-7H3. The van der Waals surface area contributed by atoms with Gasteiger partial charge in [-0.3, -0.25) is 0 Å². The molecule has 4 rings (SSSR count). The van der Waals surface area contributed by atoms with Crippen molar-refractivity contribution in [3.05, 3.63) is 108 Å². The van der Waals surface area contributed by atoms with E-state index in [-0.39, 0.29) is 17.0 Å². The average Bonchev–Trinajstić information content (AvgIpc) is 3.02. The van der Waals surface area contributed by atoms with Crippen LogP contribution in [0.4, 0.5) is 0 Å². The molecule has 6 nitrogen and oxygen atoms in total. The van der Waals surface area contributed by atoms with E-state index in [4.69, 9.17) is 17.7 Å². The van der Waals surface area contributed by atoms with Crippen molar-refractivity contribution in [1.29, 1.82) is 0 Å². The van der Waals surface area contributed by atoms with E-state index in [2.05, 4.69) is 81.6 Å². The Morgan fingerprint density at radius 2 is 1.13 bits per heavy atom. The van der Waals surface area contributed by atoms with Crippen LogP contribution in [0.1, 0.15) is 24.5 Å². The zero-order valence-electron chi connectivity index (χ0n) is 27.7. The molecule has 9 heteroatoms. The molecule has 0 amide bonds. The van der Waals surface area contributed by atoms with Gasteiger partial charge in [-0.05, 0) is 103 Å². The highest BCUT2D eigenvalue weighted by molar-refractivity contribution is 7.02. The van der Waals surface area contributed by atoms with Crippen LogP contribution in [-0.4, -0.2) is 49.6 Å². The van der Waals surface area contributed by atoms with Gasteiger partial charge in [-0.15, -0.1) is 0 Å². The lowest BCUT2D eigenvalue weighted by Crippen LogP contribution is -2.70. The van der Waals surface area contributed by atoms with Crippen molar-refractivity contribution in [3.63, 3.8) is 0 Å². The molecule has 0 bridgehead atoms. The highest BCUT2D eigenvalue weighted by Gasteiger charge is 2.51. The summed E-state index contributed by atoms with van der Waals surface area (Å²) in [7, 11) is -4.71. The Morgan fingerprint density at radius 1 is 0.644 bits per heavy atom. The highest BCUT2D eigenvalue weighted by atomic mass is 28.5. The molecule has 4 aromatic rings. The quantitative estimate of drug-likeness (QED) is 0.130. The van der Waals surface area contributed by atoms with Gasteiger partial charge in [0, 0.05) is 0 Å². The smallest absolute Gasteiger partial charge is 0.386 e. The van der Waals surface area contributed by atoms with Crippen molar-refractivity contribution in [2.24, 2.45) is 0 Å². The summed E-state index contributed by atoms with van der Waals surface area (Å²) in [6.07, 6.45) is 2.64. The highest BCUT2D eigenvalue weighted by Crippen LogP contribution is 2.35. The van der Waals surface area contributed by atoms with Crippen LogP contribution in [0, 0.1) is 0 Å². The fourth-order valence-corrected chi connectivity index (χ4v) is 18.8. The molecule has 0 heterocycles. The largest absolute Gasteiger partial charge is 0.504 e. The Balaban J connectivity index is 1.66. The molecule has 0 saturated carbocycles. The van der Waals surface area contributed by atoms with Gasteiger partial charge in [0.15, 0.2) is 39.6 Å². The van der Waals surface area contributed by atoms with Crippen molar-refractivity contribution in [3.8, 4) is 23.0 Å². The Labute approximate surface area is 272 Å². The van der Waals surface area contributed by atoms with Gasteiger partial charge >= 0.3 is 8.56 Å². The molecule has 0 aromatic heterocycles. The number of benzene rings is 4. The maximum atomic E-state index is 10.1. The summed E-state index contributed by atoms with van der Waals surface area (Å²) < 4.78 is 25.9. The lowest BCUT2D eigenvalue weighted by molar-refractivity contribution is 0.372. The van der Waals surface area contributed by atoms with E-state index in [1.54, 1.807) is 26.4 Å². The Kier molecular flexibility index (Phi) is 11.4. The molecule has 0 fully saturated rings. The molecule has 0 saturated heterocycles. The van der Waals surface area contributed by atoms with Crippen molar-refractivity contribution in [2.45, 2.75) is 64.0 Å². The van der Waals surface area contributed by atoms with Crippen LogP contribution in [0.25, 0.3) is 0 Å². The first-order chi connectivity index (χ1) is 21.4. The molecular formula is C36H48O6Si3. The second-order valence-corrected chi connectivity index (χ2v) is 25.1. The first-order valence-corrected chi connectivity index (χ1v) is 23.5. The Bertz CT molecular complexity index is 1490. The van der Waals surface area contributed by atoms with Crippen LogP contribution < -0.4 is 19.8 Å². The van der Waals surface area contributed by atoms with Crippen molar-refractivity contribution in [2.75, 3.05) is 14.2 Å². The van der Waals surface area contributed by atoms with Gasteiger partial charge in [0.05, 0.1) is 14.2 Å². The number of phenolic OH excluding ortho intramolecular Hbond substituents is 2. The predicted octanol–water partition coefficient (Wildman–Crippen LogP) is 7.38. The first-order valence-electron chi connectivity index (χ1n) is 15.6. The molecule has 0 aliphatic heterocycles. The van der Waals surface area contributed by atoms with Gasteiger partial charge in [0.1, 0.15) is 0 Å². The predicted molar refractivity (Wildman–Crippen MR) is 191 cm³/mol. The second kappa shape index (κ2) is 14.8. The first kappa shape index (κ1) is 34.5. The van der Waals surface area contributed by atoms with E-state index >= 15 is 0 Å². The number of aryl methyl sites for hydroxylation is 1. The molecule has 0 radical (unpaired) electrons. The van der Waals surface area contributed by atoms with E-state index in [0.29, 0.717) is 11.5 Å². The normalized spacial score (nSPS) is 13.0. The van der Waals surface area contributed by atoms with Crippen LogP contribution in [0.2, 0.25) is 37.8 Å². The summed E-state index contributed by atoms with van der Waals surface area (Å²) in [4.78, 5) is 0. The van der Waals surface area contributed by atoms with Crippen LogP contribution >= 0.6 is 0 Å². The summed E-state index contributed by atoms with van der Waals surface area (Å²) in [6.45, 7) is 11.5. The topological polar surface area (TPSA) is 77.4 Å². The van der Waals surface area contributed by atoms with Gasteiger partial charge in [-0.25, -0.2) is 0 Å². The minimum atomic E-state index is -3.17. The lowest BCUT2D eigenvalue weighted by atomic mass is 10.1. The van der Waals surface area contributed by atoms with Crippen LogP contribution in [-0.2, 0) is 21.1 Å². The summed E-state index contributed by atoms with van der Waals surface area (Å²) >= 11 is 0. The van der Waals surface area contributed by atoms with E-state index in [9.17, 15) is 10.2 Å². The lowest BCUT2D eigenvalue weighted by Gasteiger charge is -2.45. The summed E-state index contributed by atoms with van der Waals surface area (Å²) in [5.74, 6) is 1.29. The SMILES string of the molecule is COc1cc(CCC[Si](C)(C)O[Si](O[Si](C)(C)C(C)Cc2ccc(O)c(OC)c2)(c2ccccc2)c2ccccc2)ccc1O. The fourth-order valence-electron chi connectivity index (χ4n) is 5.69.